The van der Waals surface area contributed by atoms with Crippen molar-refractivity contribution >= 4 is 11.7 Å². The number of nitrogens with zero attached hydrogens (tertiary/aromatic N) is 1. The van der Waals surface area contributed by atoms with E-state index in [2.05, 4.69) is 0 Å². The van der Waals surface area contributed by atoms with Crippen molar-refractivity contribution in [3.8, 4) is 11.5 Å². The lowest BCUT2D eigenvalue weighted by atomic mass is 10.0. The monoisotopic (exact) mass is 320 g/mol. The van der Waals surface area contributed by atoms with E-state index in [0.717, 1.165) is 0 Å². The fraction of sp³-hybridized carbons (Fsp3) is 0.529. The minimum atomic E-state index is -0.596. The lowest BCUT2D eigenvalue weighted by molar-refractivity contribution is -0.132. The molecule has 1 aromatic carbocycles. The van der Waals surface area contributed by atoms with Gasteiger partial charge >= 0.3 is 0 Å². The van der Waals surface area contributed by atoms with Gasteiger partial charge in [0, 0.05) is 12.6 Å². The van der Waals surface area contributed by atoms with E-state index < -0.39 is 12.1 Å². The fourth-order valence-electron chi connectivity index (χ4n) is 2.53. The first-order chi connectivity index (χ1) is 10.8. The second-order valence-electron chi connectivity index (χ2n) is 6.29. The van der Waals surface area contributed by atoms with E-state index in [1.54, 1.807) is 32.2 Å². The van der Waals surface area contributed by atoms with Gasteiger partial charge in [0.25, 0.3) is 0 Å². The number of ether oxygens (including phenoxy) is 2. The van der Waals surface area contributed by atoms with Crippen LogP contribution in [0.1, 0.15) is 37.6 Å². The predicted octanol–water partition coefficient (Wildman–Crippen LogP) is 1.82. The van der Waals surface area contributed by atoms with Crippen molar-refractivity contribution in [3.63, 3.8) is 0 Å². The summed E-state index contributed by atoms with van der Waals surface area (Å²) in [6.07, 6.45) is 0.591. The van der Waals surface area contributed by atoms with E-state index in [1.807, 2.05) is 13.8 Å². The van der Waals surface area contributed by atoms with E-state index in [4.69, 9.17) is 15.2 Å². The first kappa shape index (κ1) is 17.3. The van der Waals surface area contributed by atoms with Gasteiger partial charge < -0.3 is 20.1 Å². The Labute approximate surface area is 136 Å². The fourth-order valence-corrected chi connectivity index (χ4v) is 2.53. The molecular formula is C17H24N2O4. The molecule has 0 fully saturated rings. The molecule has 6 nitrogen and oxygen atoms in total. The Kier molecular flexibility index (Phi) is 5.26. The molecule has 1 aromatic rings. The zero-order valence-corrected chi connectivity index (χ0v) is 14.0. The van der Waals surface area contributed by atoms with Gasteiger partial charge in [0.1, 0.15) is 0 Å². The zero-order valence-electron chi connectivity index (χ0n) is 14.0. The summed E-state index contributed by atoms with van der Waals surface area (Å²) in [5.41, 5.74) is 6.42. The number of hydrogen-bond acceptors (Lipinski definition) is 5. The zero-order chi connectivity index (χ0) is 17.1. The Morgan fingerprint density at radius 3 is 2.52 bits per heavy atom. The number of Topliss-reactive ketones (excluding diaryl/α,β-unsaturated/α-hetero) is 1. The SMILES string of the molecule is CC(C)C[C@H](N)C(=O)N(C)C(C)C(=O)c1ccc2c(c1)OCO2. The Hall–Kier alpha value is -2.08. The predicted molar refractivity (Wildman–Crippen MR) is 86.6 cm³/mol. The summed E-state index contributed by atoms with van der Waals surface area (Å²) >= 11 is 0. The number of carbonyl (C=O) groups is 2. The summed E-state index contributed by atoms with van der Waals surface area (Å²) in [6.45, 7) is 5.88. The lowest BCUT2D eigenvalue weighted by Crippen LogP contribution is -2.48. The third-order valence-corrected chi connectivity index (χ3v) is 4.01. The van der Waals surface area contributed by atoms with Crippen molar-refractivity contribution in [2.24, 2.45) is 11.7 Å². The molecule has 0 radical (unpaired) electrons. The lowest BCUT2D eigenvalue weighted by Gasteiger charge is -2.27. The van der Waals surface area contributed by atoms with E-state index in [0.29, 0.717) is 29.4 Å². The second-order valence-corrected chi connectivity index (χ2v) is 6.29. The summed E-state index contributed by atoms with van der Waals surface area (Å²) in [4.78, 5) is 26.4. The standard InChI is InChI=1S/C17H24N2O4/c1-10(2)7-13(18)17(21)19(4)11(3)16(20)12-5-6-14-15(8-12)23-9-22-14/h5-6,8,10-11,13H,7,9,18H2,1-4H3/t11?,13-/m0/s1. The molecule has 2 N–H and O–H groups in total. The number of ketones is 1. The molecule has 0 spiro atoms. The minimum Gasteiger partial charge on any atom is -0.454 e. The minimum absolute atomic E-state index is 0.157. The summed E-state index contributed by atoms with van der Waals surface area (Å²) in [5.74, 6) is 1.12. The molecule has 6 heteroatoms. The molecule has 2 atom stereocenters. The second kappa shape index (κ2) is 7.00. The number of hydrogen-bond donors (Lipinski definition) is 1. The molecule has 0 bridgehead atoms. The summed E-state index contributed by atoms with van der Waals surface area (Å²) in [6, 6.07) is 3.84. The smallest absolute Gasteiger partial charge is 0.239 e. The van der Waals surface area contributed by atoms with Gasteiger partial charge in [-0.2, -0.15) is 0 Å². The van der Waals surface area contributed by atoms with Crippen LogP contribution in [0.15, 0.2) is 18.2 Å². The number of carbonyl (C=O) groups excluding carboxylic acids is 2. The molecule has 0 saturated carbocycles. The molecule has 1 amide bonds. The van der Waals surface area contributed by atoms with Gasteiger partial charge in [-0.05, 0) is 37.5 Å². The highest BCUT2D eigenvalue weighted by molar-refractivity contribution is 6.02. The van der Waals surface area contributed by atoms with Crippen LogP contribution in [0, 0.1) is 5.92 Å². The largest absolute Gasteiger partial charge is 0.454 e. The van der Waals surface area contributed by atoms with Crippen LogP contribution < -0.4 is 15.2 Å². The van der Waals surface area contributed by atoms with Crippen LogP contribution >= 0.6 is 0 Å². The molecule has 126 valence electrons. The van der Waals surface area contributed by atoms with Crippen LogP contribution in [-0.4, -0.2) is 42.5 Å². The average Bonchev–Trinajstić information content (AvgIpc) is 2.98. The van der Waals surface area contributed by atoms with Crippen LogP contribution in [-0.2, 0) is 4.79 Å². The van der Waals surface area contributed by atoms with Crippen molar-refractivity contribution in [2.45, 2.75) is 39.3 Å². The summed E-state index contributed by atoms with van der Waals surface area (Å²) < 4.78 is 10.5. The maximum atomic E-state index is 12.6. The Morgan fingerprint density at radius 2 is 1.87 bits per heavy atom. The normalized spacial score (nSPS) is 15.4. The van der Waals surface area contributed by atoms with Crippen molar-refractivity contribution in [1.82, 2.24) is 4.90 Å². The van der Waals surface area contributed by atoms with Gasteiger partial charge in [-0.3, -0.25) is 9.59 Å². The molecule has 0 aromatic heterocycles. The number of rotatable bonds is 6. The van der Waals surface area contributed by atoms with Crippen LogP contribution in [0.5, 0.6) is 11.5 Å². The molecule has 1 heterocycles. The highest BCUT2D eigenvalue weighted by atomic mass is 16.7. The van der Waals surface area contributed by atoms with Crippen molar-refractivity contribution in [1.29, 1.82) is 0 Å². The first-order valence-corrected chi connectivity index (χ1v) is 7.77. The molecule has 23 heavy (non-hydrogen) atoms. The third kappa shape index (κ3) is 3.82. The molecular weight excluding hydrogens is 296 g/mol. The van der Waals surface area contributed by atoms with Gasteiger partial charge in [-0.25, -0.2) is 0 Å². The number of fused-ring (bicyclic) bond motifs is 1. The molecule has 2 rings (SSSR count). The Bertz CT molecular complexity index is 600. The van der Waals surface area contributed by atoms with Gasteiger partial charge in [0.15, 0.2) is 17.3 Å². The van der Waals surface area contributed by atoms with E-state index >= 15 is 0 Å². The maximum absolute atomic E-state index is 12.6. The molecule has 1 unspecified atom stereocenters. The average molecular weight is 320 g/mol. The number of likely N-dealkylation sites (N-methyl/N-ethyl adjacent to an activating group) is 1. The molecule has 0 saturated heterocycles. The van der Waals surface area contributed by atoms with Crippen molar-refractivity contribution in [3.05, 3.63) is 23.8 Å². The number of benzene rings is 1. The van der Waals surface area contributed by atoms with Gasteiger partial charge in [-0.15, -0.1) is 0 Å². The van der Waals surface area contributed by atoms with Crippen molar-refractivity contribution in [2.75, 3.05) is 13.8 Å². The molecule has 0 aliphatic carbocycles. The van der Waals surface area contributed by atoms with Gasteiger partial charge in [0.2, 0.25) is 12.7 Å². The topological polar surface area (TPSA) is 81.9 Å². The summed E-state index contributed by atoms with van der Waals surface area (Å²) in [5, 5.41) is 0. The highest BCUT2D eigenvalue weighted by Gasteiger charge is 2.28. The first-order valence-electron chi connectivity index (χ1n) is 7.77. The number of nitrogens with two attached hydrogens (primary N) is 1. The van der Waals surface area contributed by atoms with E-state index in [1.165, 1.54) is 4.90 Å². The van der Waals surface area contributed by atoms with E-state index in [9.17, 15) is 9.59 Å². The van der Waals surface area contributed by atoms with Crippen LogP contribution in [0.3, 0.4) is 0 Å². The Balaban J connectivity index is 2.08. The molecule has 1 aliphatic heterocycles. The third-order valence-electron chi connectivity index (χ3n) is 4.01. The molecule has 1 aliphatic rings. The Morgan fingerprint density at radius 1 is 1.22 bits per heavy atom. The maximum Gasteiger partial charge on any atom is 0.239 e. The summed E-state index contributed by atoms with van der Waals surface area (Å²) in [7, 11) is 1.61. The van der Waals surface area contributed by atoms with Gasteiger partial charge in [0.05, 0.1) is 12.1 Å². The highest BCUT2D eigenvalue weighted by Crippen LogP contribution is 2.33. The van der Waals surface area contributed by atoms with E-state index in [-0.39, 0.29) is 18.5 Å². The quantitative estimate of drug-likeness (QED) is 0.809. The van der Waals surface area contributed by atoms with Crippen LogP contribution in [0.4, 0.5) is 0 Å². The van der Waals surface area contributed by atoms with Crippen molar-refractivity contribution < 1.29 is 19.1 Å². The van der Waals surface area contributed by atoms with Gasteiger partial charge in [-0.1, -0.05) is 13.8 Å². The van der Waals surface area contributed by atoms with Crippen LogP contribution in [0.25, 0.3) is 0 Å². The van der Waals surface area contributed by atoms with Crippen LogP contribution in [0.2, 0.25) is 0 Å². The number of amides is 1.